The zero-order valence-electron chi connectivity index (χ0n) is 32.0. The molecule has 0 aromatic heterocycles. The minimum Gasteiger partial charge on any atom is -0.324 e. The van der Waals surface area contributed by atoms with Crippen LogP contribution in [0.15, 0.2) is 192 Å². The number of benzene rings is 9. The monoisotopic (exact) mass is 741 g/mol. The predicted octanol–water partition coefficient (Wildman–Crippen LogP) is 13.2. The van der Waals surface area contributed by atoms with E-state index in [1.54, 1.807) is 0 Å². The highest BCUT2D eigenvalue weighted by Crippen LogP contribution is 2.51. The Balaban J connectivity index is 1.11. The summed E-state index contributed by atoms with van der Waals surface area (Å²) >= 11 is 0. The van der Waals surface area contributed by atoms with Gasteiger partial charge in [0.2, 0.25) is 0 Å². The van der Waals surface area contributed by atoms with E-state index < -0.39 is 6.17 Å². The van der Waals surface area contributed by atoms with E-state index >= 15 is 0 Å². The van der Waals surface area contributed by atoms with Gasteiger partial charge in [-0.15, -0.1) is 0 Å². The zero-order valence-corrected chi connectivity index (χ0v) is 32.0. The summed E-state index contributed by atoms with van der Waals surface area (Å²) in [5.74, 6) is 2.12. The van der Waals surface area contributed by atoms with Crippen LogP contribution in [0.1, 0.15) is 51.9 Å². The Labute approximate surface area is 338 Å². The Morgan fingerprint density at radius 2 is 1.02 bits per heavy atom. The van der Waals surface area contributed by atoms with Crippen LogP contribution in [0, 0.1) is 0 Å². The van der Waals surface area contributed by atoms with Gasteiger partial charge in [0.1, 0.15) is 11.7 Å². The molecular weight excluding hydrogens is 703 g/mol. The number of aryl methyl sites for hydroxylation is 1. The van der Waals surface area contributed by atoms with Gasteiger partial charge in [-0.25, -0.2) is 9.98 Å². The topological polar surface area (TPSA) is 36.8 Å². The molecule has 3 aliphatic rings. The summed E-state index contributed by atoms with van der Waals surface area (Å²) < 4.78 is 0. The highest BCUT2D eigenvalue weighted by Gasteiger charge is 2.31. The second-order valence-corrected chi connectivity index (χ2v) is 16.0. The molecule has 0 amide bonds. The third-order valence-electron chi connectivity index (χ3n) is 12.8. The number of nitrogens with zero attached hydrogens (tertiary/aromatic N) is 2. The van der Waals surface area contributed by atoms with Crippen LogP contribution in [0.3, 0.4) is 0 Å². The Morgan fingerprint density at radius 3 is 1.81 bits per heavy atom. The van der Waals surface area contributed by atoms with Crippen LogP contribution in [0.5, 0.6) is 0 Å². The fraction of sp³-hybridized carbons (Fsp3) is 0.0909. The van der Waals surface area contributed by atoms with Crippen LogP contribution in [-0.4, -0.2) is 11.7 Å². The standard InChI is InChI=1S/C55H39N3/c1-3-15-35(16-4-1)53-56-54(36-17-5-2-6-18-36)58-55(57-53)48-27-13-25-46-44-21-10-9-20-43(44)45-31-30-38(33-50(45)52(46)48)41-23-11-22-40-37-29-28-34-14-7-8-19-39(34)42-24-12-26-47(51(40)41)49(42)32-37/h1-27,30-31,33,37,55H,28-29,32H2,(H,56,57,58). The maximum Gasteiger partial charge on any atom is 0.170 e. The number of hydrogen-bond donors (Lipinski definition) is 1. The Morgan fingerprint density at radius 1 is 0.431 bits per heavy atom. The van der Waals surface area contributed by atoms with Crippen molar-refractivity contribution in [3.63, 3.8) is 0 Å². The molecule has 0 saturated carbocycles. The lowest BCUT2D eigenvalue weighted by molar-refractivity contribution is 0.613. The Bertz CT molecular complexity index is 3120. The van der Waals surface area contributed by atoms with Crippen molar-refractivity contribution in [1.82, 2.24) is 5.32 Å². The lowest BCUT2D eigenvalue weighted by Gasteiger charge is -2.33. The fourth-order valence-corrected chi connectivity index (χ4v) is 10.2. The molecule has 1 aliphatic heterocycles. The van der Waals surface area contributed by atoms with Crippen LogP contribution in [0.4, 0.5) is 0 Å². The molecule has 2 bridgehead atoms. The molecule has 3 heteroatoms. The molecule has 1 N–H and O–H groups in total. The minimum absolute atomic E-state index is 0.452. The second-order valence-electron chi connectivity index (χ2n) is 16.0. The smallest absolute Gasteiger partial charge is 0.170 e. The normalized spacial score (nSPS) is 15.8. The largest absolute Gasteiger partial charge is 0.324 e. The van der Waals surface area contributed by atoms with Crippen LogP contribution in [0.25, 0.3) is 65.7 Å². The average molecular weight is 742 g/mol. The molecule has 58 heavy (non-hydrogen) atoms. The maximum atomic E-state index is 5.37. The number of hydrogen-bond acceptors (Lipinski definition) is 3. The van der Waals surface area contributed by atoms with Gasteiger partial charge in [-0.05, 0) is 114 Å². The molecule has 9 aromatic rings. The van der Waals surface area contributed by atoms with E-state index in [4.69, 9.17) is 9.98 Å². The van der Waals surface area contributed by atoms with Gasteiger partial charge in [-0.1, -0.05) is 176 Å². The summed E-state index contributed by atoms with van der Waals surface area (Å²) in [6, 6.07) is 66.6. The zero-order chi connectivity index (χ0) is 38.2. The van der Waals surface area contributed by atoms with Crippen molar-refractivity contribution in [1.29, 1.82) is 0 Å². The molecule has 2 aliphatic carbocycles. The molecule has 274 valence electrons. The van der Waals surface area contributed by atoms with Gasteiger partial charge in [0.05, 0.1) is 0 Å². The molecule has 3 nitrogen and oxygen atoms in total. The van der Waals surface area contributed by atoms with Gasteiger partial charge in [-0.3, -0.25) is 0 Å². The predicted molar refractivity (Wildman–Crippen MR) is 242 cm³/mol. The van der Waals surface area contributed by atoms with Gasteiger partial charge >= 0.3 is 0 Å². The van der Waals surface area contributed by atoms with E-state index in [9.17, 15) is 0 Å². The number of fused-ring (bicyclic) bond motifs is 12. The van der Waals surface area contributed by atoms with Crippen molar-refractivity contribution in [2.45, 2.75) is 31.3 Å². The van der Waals surface area contributed by atoms with Crippen LogP contribution >= 0.6 is 0 Å². The average Bonchev–Trinajstić information content (AvgIpc) is 3.30. The van der Waals surface area contributed by atoms with Crippen molar-refractivity contribution in [3.8, 4) is 33.4 Å². The van der Waals surface area contributed by atoms with Crippen molar-refractivity contribution in [2.75, 3.05) is 0 Å². The first-order chi connectivity index (χ1) is 28.8. The summed E-state index contributed by atoms with van der Waals surface area (Å²) in [5, 5.41) is 11.0. The molecular formula is C55H39N3. The van der Waals surface area contributed by atoms with E-state index in [0.717, 1.165) is 47.6 Å². The van der Waals surface area contributed by atoms with Gasteiger partial charge < -0.3 is 5.32 Å². The Kier molecular flexibility index (Phi) is 7.56. The lowest BCUT2D eigenvalue weighted by Crippen LogP contribution is -2.36. The first-order valence-electron chi connectivity index (χ1n) is 20.5. The molecule has 0 saturated heterocycles. The molecule has 12 rings (SSSR count). The maximum absolute atomic E-state index is 5.37. The van der Waals surface area contributed by atoms with E-state index in [-0.39, 0.29) is 0 Å². The molecule has 0 spiro atoms. The molecule has 1 unspecified atom stereocenters. The van der Waals surface area contributed by atoms with Crippen LogP contribution < -0.4 is 5.32 Å². The summed E-state index contributed by atoms with van der Waals surface area (Å²) in [6.45, 7) is 0. The first-order valence-corrected chi connectivity index (χ1v) is 20.5. The quantitative estimate of drug-likeness (QED) is 0.179. The third kappa shape index (κ3) is 5.20. The first kappa shape index (κ1) is 33.1. The fourth-order valence-electron chi connectivity index (χ4n) is 10.2. The van der Waals surface area contributed by atoms with Crippen molar-refractivity contribution >= 4 is 44.0 Å². The number of aliphatic imine (C=N–C) groups is 2. The SMILES string of the molecule is c1ccc(C2=NC(c3cccc4c5ccccc5c5ccc(-c6cccc7c6-c6cccc8c6CC7CCc6ccccc6-8)cc5c34)N=C(c3ccccc3)N2)cc1. The highest BCUT2D eigenvalue weighted by molar-refractivity contribution is 6.27. The van der Waals surface area contributed by atoms with Crippen molar-refractivity contribution in [2.24, 2.45) is 9.98 Å². The van der Waals surface area contributed by atoms with E-state index in [2.05, 4.69) is 175 Å². The Hall–Kier alpha value is -7.10. The third-order valence-corrected chi connectivity index (χ3v) is 12.8. The molecule has 1 heterocycles. The van der Waals surface area contributed by atoms with E-state index in [1.165, 1.54) is 82.4 Å². The lowest BCUT2D eigenvalue weighted by atomic mass is 9.70. The van der Waals surface area contributed by atoms with E-state index in [0.29, 0.717) is 5.92 Å². The number of amidine groups is 2. The van der Waals surface area contributed by atoms with Crippen LogP contribution in [-0.2, 0) is 12.8 Å². The molecule has 0 radical (unpaired) electrons. The van der Waals surface area contributed by atoms with Gasteiger partial charge in [0.25, 0.3) is 0 Å². The summed E-state index contributed by atoms with van der Waals surface area (Å²) in [6.07, 6.45) is 2.87. The van der Waals surface area contributed by atoms with Gasteiger partial charge in [-0.2, -0.15) is 0 Å². The highest BCUT2D eigenvalue weighted by atomic mass is 15.2. The second kappa shape index (κ2) is 13.2. The van der Waals surface area contributed by atoms with E-state index in [1.807, 2.05) is 12.1 Å². The number of rotatable bonds is 4. The van der Waals surface area contributed by atoms with Crippen molar-refractivity contribution < 1.29 is 0 Å². The summed E-state index contributed by atoms with van der Waals surface area (Å²) in [4.78, 5) is 10.7. The van der Waals surface area contributed by atoms with Crippen molar-refractivity contribution in [3.05, 3.63) is 215 Å². The molecule has 0 fully saturated rings. The number of nitrogens with one attached hydrogen (secondary N) is 1. The van der Waals surface area contributed by atoms with Crippen LogP contribution in [0.2, 0.25) is 0 Å². The molecule has 9 aromatic carbocycles. The summed E-state index contributed by atoms with van der Waals surface area (Å²) in [5.41, 5.74) is 15.7. The van der Waals surface area contributed by atoms with Gasteiger partial charge in [0, 0.05) is 16.7 Å². The molecule has 1 atom stereocenters. The summed E-state index contributed by atoms with van der Waals surface area (Å²) in [7, 11) is 0. The minimum atomic E-state index is -0.452. The van der Waals surface area contributed by atoms with Gasteiger partial charge in [0.15, 0.2) is 6.17 Å².